The summed E-state index contributed by atoms with van der Waals surface area (Å²) >= 11 is 5.95. The molecule has 4 heteroatoms. The van der Waals surface area contributed by atoms with Crippen LogP contribution in [0.25, 0.3) is 0 Å². The number of hydrogen-bond acceptors (Lipinski definition) is 3. The van der Waals surface area contributed by atoms with Crippen molar-refractivity contribution >= 4 is 17.3 Å². The van der Waals surface area contributed by atoms with Gasteiger partial charge in [-0.1, -0.05) is 11.6 Å². The number of nitrogens with two attached hydrogens (primary N) is 1. The van der Waals surface area contributed by atoms with Crippen LogP contribution in [0.3, 0.4) is 0 Å². The van der Waals surface area contributed by atoms with Gasteiger partial charge in [-0.2, -0.15) is 0 Å². The van der Waals surface area contributed by atoms with Gasteiger partial charge < -0.3 is 10.6 Å². The number of benzene rings is 1. The third-order valence-electron chi connectivity index (χ3n) is 3.81. The van der Waals surface area contributed by atoms with Crippen LogP contribution in [-0.4, -0.2) is 43.7 Å². The molecule has 1 aliphatic heterocycles. The highest BCUT2D eigenvalue weighted by Gasteiger charge is 2.28. The van der Waals surface area contributed by atoms with E-state index in [1.54, 1.807) is 0 Å². The zero-order valence-electron chi connectivity index (χ0n) is 11.1. The molecular formula is C14H22ClN3. The molecular weight excluding hydrogens is 246 g/mol. The maximum Gasteiger partial charge on any atom is 0.0429 e. The summed E-state index contributed by atoms with van der Waals surface area (Å²) in [6, 6.07) is 9.18. The molecule has 18 heavy (non-hydrogen) atoms. The van der Waals surface area contributed by atoms with E-state index in [0.29, 0.717) is 12.1 Å². The zero-order valence-corrected chi connectivity index (χ0v) is 11.9. The third-order valence-corrected chi connectivity index (χ3v) is 4.06. The molecule has 0 radical (unpaired) electrons. The quantitative estimate of drug-likeness (QED) is 0.911. The molecule has 3 nitrogen and oxygen atoms in total. The van der Waals surface area contributed by atoms with E-state index in [0.717, 1.165) is 31.1 Å². The second-order valence-electron chi connectivity index (χ2n) is 5.15. The van der Waals surface area contributed by atoms with Gasteiger partial charge in [0.05, 0.1) is 0 Å². The number of rotatable bonds is 3. The van der Waals surface area contributed by atoms with E-state index in [9.17, 15) is 0 Å². The molecule has 0 bridgehead atoms. The largest absolute Gasteiger partial charge is 0.366 e. The van der Waals surface area contributed by atoms with Crippen LogP contribution in [0.4, 0.5) is 5.69 Å². The lowest BCUT2D eigenvalue weighted by atomic mass is 10.0. The van der Waals surface area contributed by atoms with E-state index in [1.165, 1.54) is 5.69 Å². The molecule has 1 aromatic rings. The fourth-order valence-corrected chi connectivity index (χ4v) is 2.70. The highest BCUT2D eigenvalue weighted by molar-refractivity contribution is 6.30. The fraction of sp³-hybridized carbons (Fsp3) is 0.571. The SMILES string of the molecule is CC1CN(c2ccc(Cl)cc2)C(CCN)CN1C. The third kappa shape index (κ3) is 2.97. The predicted molar refractivity (Wildman–Crippen MR) is 78.3 cm³/mol. The first-order valence-electron chi connectivity index (χ1n) is 6.54. The molecule has 2 atom stereocenters. The first-order valence-corrected chi connectivity index (χ1v) is 6.92. The Morgan fingerprint density at radius 2 is 1.94 bits per heavy atom. The van der Waals surface area contributed by atoms with Crippen molar-refractivity contribution < 1.29 is 0 Å². The predicted octanol–water partition coefficient (Wildman–Crippen LogP) is 2.20. The second-order valence-corrected chi connectivity index (χ2v) is 5.58. The molecule has 0 saturated carbocycles. The molecule has 1 heterocycles. The molecule has 100 valence electrons. The molecule has 2 unspecified atom stereocenters. The van der Waals surface area contributed by atoms with Crippen molar-refractivity contribution in [3.8, 4) is 0 Å². The lowest BCUT2D eigenvalue weighted by Gasteiger charge is -2.45. The number of likely N-dealkylation sites (N-methyl/N-ethyl adjacent to an activating group) is 1. The van der Waals surface area contributed by atoms with Crippen molar-refractivity contribution in [1.29, 1.82) is 0 Å². The van der Waals surface area contributed by atoms with Gasteiger partial charge in [-0.25, -0.2) is 0 Å². The van der Waals surface area contributed by atoms with Gasteiger partial charge in [-0.15, -0.1) is 0 Å². The highest BCUT2D eigenvalue weighted by atomic mass is 35.5. The number of anilines is 1. The maximum absolute atomic E-state index is 5.95. The van der Waals surface area contributed by atoms with E-state index in [1.807, 2.05) is 12.1 Å². The average Bonchev–Trinajstić information content (AvgIpc) is 2.35. The molecule has 1 aliphatic rings. The fourth-order valence-electron chi connectivity index (χ4n) is 2.57. The molecule has 2 N–H and O–H groups in total. The smallest absolute Gasteiger partial charge is 0.0429 e. The molecule has 0 aromatic heterocycles. The van der Waals surface area contributed by atoms with Crippen LogP contribution < -0.4 is 10.6 Å². The molecule has 2 rings (SSSR count). The Balaban J connectivity index is 2.19. The van der Waals surface area contributed by atoms with Crippen molar-refractivity contribution in [3.05, 3.63) is 29.3 Å². The van der Waals surface area contributed by atoms with Gasteiger partial charge in [0.25, 0.3) is 0 Å². The Hall–Kier alpha value is -0.770. The summed E-state index contributed by atoms with van der Waals surface area (Å²) in [5.74, 6) is 0. The second kappa shape index (κ2) is 5.91. The van der Waals surface area contributed by atoms with Gasteiger partial charge in [0.2, 0.25) is 0 Å². The first-order chi connectivity index (χ1) is 8.61. The van der Waals surface area contributed by atoms with Crippen LogP contribution in [-0.2, 0) is 0 Å². The van der Waals surface area contributed by atoms with Gasteiger partial charge in [0.1, 0.15) is 0 Å². The van der Waals surface area contributed by atoms with Gasteiger partial charge in [0, 0.05) is 35.9 Å². The van der Waals surface area contributed by atoms with Crippen molar-refractivity contribution in [2.45, 2.75) is 25.4 Å². The van der Waals surface area contributed by atoms with E-state index < -0.39 is 0 Å². The molecule has 1 saturated heterocycles. The number of nitrogens with zero attached hydrogens (tertiary/aromatic N) is 2. The summed E-state index contributed by atoms with van der Waals surface area (Å²) in [6.45, 7) is 5.11. The molecule has 0 amide bonds. The minimum Gasteiger partial charge on any atom is -0.366 e. The topological polar surface area (TPSA) is 32.5 Å². The minimum absolute atomic E-state index is 0.498. The van der Waals surface area contributed by atoms with Gasteiger partial charge in [-0.05, 0) is 51.2 Å². The Labute approximate surface area is 115 Å². The lowest BCUT2D eigenvalue weighted by molar-refractivity contribution is 0.196. The van der Waals surface area contributed by atoms with Crippen LogP contribution in [0.5, 0.6) is 0 Å². The van der Waals surface area contributed by atoms with E-state index in [2.05, 4.69) is 35.9 Å². The summed E-state index contributed by atoms with van der Waals surface area (Å²) in [7, 11) is 2.19. The van der Waals surface area contributed by atoms with E-state index in [4.69, 9.17) is 17.3 Å². The van der Waals surface area contributed by atoms with Gasteiger partial charge in [0.15, 0.2) is 0 Å². The Morgan fingerprint density at radius 3 is 2.56 bits per heavy atom. The molecule has 1 fully saturated rings. The Bertz CT molecular complexity index is 379. The zero-order chi connectivity index (χ0) is 13.1. The van der Waals surface area contributed by atoms with Crippen LogP contribution in [0.15, 0.2) is 24.3 Å². The average molecular weight is 268 g/mol. The number of hydrogen-bond donors (Lipinski definition) is 1. The van der Waals surface area contributed by atoms with E-state index >= 15 is 0 Å². The van der Waals surface area contributed by atoms with Crippen LogP contribution in [0.1, 0.15) is 13.3 Å². The number of halogens is 1. The maximum atomic E-state index is 5.95. The Kier molecular flexibility index (Phi) is 4.49. The van der Waals surface area contributed by atoms with Crippen LogP contribution in [0, 0.1) is 0 Å². The standard InChI is InChI=1S/C14H22ClN3/c1-11-9-18(13-5-3-12(15)4-6-13)14(7-8-16)10-17(11)2/h3-6,11,14H,7-10,16H2,1-2H3. The van der Waals surface area contributed by atoms with Crippen LogP contribution >= 0.6 is 11.6 Å². The normalized spacial score (nSPS) is 25.4. The summed E-state index contributed by atoms with van der Waals surface area (Å²) in [4.78, 5) is 4.88. The van der Waals surface area contributed by atoms with Gasteiger partial charge in [-0.3, -0.25) is 4.90 Å². The molecule has 0 aliphatic carbocycles. The summed E-state index contributed by atoms with van der Waals surface area (Å²) in [6.07, 6.45) is 1.03. The van der Waals surface area contributed by atoms with Crippen molar-refractivity contribution in [1.82, 2.24) is 4.90 Å². The molecule has 1 aromatic carbocycles. The summed E-state index contributed by atoms with van der Waals surface area (Å²) in [5, 5.41) is 0.788. The van der Waals surface area contributed by atoms with Crippen molar-refractivity contribution in [2.24, 2.45) is 5.73 Å². The Morgan fingerprint density at radius 1 is 1.28 bits per heavy atom. The van der Waals surface area contributed by atoms with Crippen molar-refractivity contribution in [2.75, 3.05) is 31.6 Å². The molecule has 0 spiro atoms. The summed E-state index contributed by atoms with van der Waals surface area (Å²) in [5.41, 5.74) is 6.99. The minimum atomic E-state index is 0.498. The number of piperazine rings is 1. The lowest BCUT2D eigenvalue weighted by Crippen LogP contribution is -2.56. The van der Waals surface area contributed by atoms with E-state index in [-0.39, 0.29) is 0 Å². The highest BCUT2D eigenvalue weighted by Crippen LogP contribution is 2.25. The monoisotopic (exact) mass is 267 g/mol. The van der Waals surface area contributed by atoms with Crippen LogP contribution in [0.2, 0.25) is 5.02 Å². The first kappa shape index (κ1) is 13.7. The summed E-state index contributed by atoms with van der Waals surface area (Å²) < 4.78 is 0. The van der Waals surface area contributed by atoms with Gasteiger partial charge >= 0.3 is 0 Å². The van der Waals surface area contributed by atoms with Crippen molar-refractivity contribution in [3.63, 3.8) is 0 Å².